The molecule has 0 aliphatic carbocycles. The molecule has 0 bridgehead atoms. The van der Waals surface area contributed by atoms with Crippen LogP contribution in [0.25, 0.3) is 0 Å². The van der Waals surface area contributed by atoms with Crippen LogP contribution in [0.15, 0.2) is 12.2 Å². The summed E-state index contributed by atoms with van der Waals surface area (Å²) < 4.78 is 0. The molecule has 0 saturated heterocycles. The lowest BCUT2D eigenvalue weighted by molar-refractivity contribution is -0.146. The summed E-state index contributed by atoms with van der Waals surface area (Å²) in [5.74, 6) is -0.388. The Hall–Kier alpha value is -0.830. The van der Waals surface area contributed by atoms with E-state index in [1.807, 2.05) is 0 Å². The molecular formula is C8H15NO2+. The molecule has 11 heavy (non-hydrogen) atoms. The van der Waals surface area contributed by atoms with Crippen molar-refractivity contribution in [1.29, 1.82) is 0 Å². The zero-order valence-electron chi connectivity index (χ0n) is 7.14. The van der Waals surface area contributed by atoms with Crippen molar-refractivity contribution in [2.24, 2.45) is 0 Å². The quantitative estimate of drug-likeness (QED) is 0.284. The van der Waals surface area contributed by atoms with Crippen molar-refractivity contribution in [2.75, 3.05) is 6.54 Å². The summed E-state index contributed by atoms with van der Waals surface area (Å²) in [5.41, 5.74) is 2.97. The molecule has 0 aromatic carbocycles. The third-order valence-electron chi connectivity index (χ3n) is 1.15. The second kappa shape index (κ2) is 5.92. The summed E-state index contributed by atoms with van der Waals surface area (Å²) in [6.45, 7) is 7.83. The fourth-order valence-corrected chi connectivity index (χ4v) is 0.453. The molecule has 0 amide bonds. The summed E-state index contributed by atoms with van der Waals surface area (Å²) in [5, 5.41) is 0. The molecule has 0 aliphatic heterocycles. The SMILES string of the molecule is C=C(C)C(=[O+])ONCCCC. The van der Waals surface area contributed by atoms with Crippen LogP contribution in [-0.2, 0) is 9.63 Å². The minimum atomic E-state index is -0.388. The molecule has 0 aromatic rings. The highest BCUT2D eigenvalue weighted by atomic mass is 16.7. The summed E-state index contributed by atoms with van der Waals surface area (Å²) in [4.78, 5) is 15.3. The fraction of sp³-hybridized carbons (Fsp3) is 0.625. The second-order valence-electron chi connectivity index (χ2n) is 2.42. The molecule has 3 heteroatoms. The van der Waals surface area contributed by atoms with Crippen molar-refractivity contribution < 1.29 is 9.63 Å². The standard InChI is InChI=1S/C8H15NO2/c1-4-5-6-9-11-8(10)7(2)3/h9H,2,4-6H2,1,3H3/q+1. The van der Waals surface area contributed by atoms with Gasteiger partial charge in [0.25, 0.3) is 0 Å². The second-order valence-corrected chi connectivity index (χ2v) is 2.42. The molecule has 0 aliphatic rings. The van der Waals surface area contributed by atoms with E-state index in [1.165, 1.54) is 0 Å². The van der Waals surface area contributed by atoms with Crippen LogP contribution in [0.5, 0.6) is 0 Å². The predicted molar refractivity (Wildman–Crippen MR) is 43.8 cm³/mol. The topological polar surface area (TPSA) is 41.2 Å². The van der Waals surface area contributed by atoms with E-state index in [-0.39, 0.29) is 5.97 Å². The maximum atomic E-state index is 10.7. The van der Waals surface area contributed by atoms with Gasteiger partial charge in [-0.1, -0.05) is 25.4 Å². The highest BCUT2D eigenvalue weighted by Crippen LogP contribution is 1.89. The average molecular weight is 157 g/mol. The van der Waals surface area contributed by atoms with Gasteiger partial charge in [-0.15, -0.1) is 0 Å². The fourth-order valence-electron chi connectivity index (χ4n) is 0.453. The van der Waals surface area contributed by atoms with Crippen molar-refractivity contribution in [3.05, 3.63) is 12.2 Å². The lowest BCUT2D eigenvalue weighted by atomic mass is 10.3. The van der Waals surface area contributed by atoms with E-state index in [0.29, 0.717) is 12.1 Å². The first-order chi connectivity index (χ1) is 5.18. The van der Waals surface area contributed by atoms with Gasteiger partial charge in [0.15, 0.2) is 0 Å². The Morgan fingerprint density at radius 3 is 2.73 bits per heavy atom. The first kappa shape index (κ1) is 10.2. The average Bonchev–Trinajstić information content (AvgIpc) is 1.97. The molecule has 0 heterocycles. The van der Waals surface area contributed by atoms with Gasteiger partial charge >= 0.3 is 5.97 Å². The number of carbonyl (C=O) groups is 1. The lowest BCUT2D eigenvalue weighted by Gasteiger charge is -1.92. The van der Waals surface area contributed by atoms with Crippen LogP contribution in [0.4, 0.5) is 0 Å². The molecule has 1 N–H and O–H groups in total. The zero-order chi connectivity index (χ0) is 8.69. The first-order valence-corrected chi connectivity index (χ1v) is 3.78. The third-order valence-corrected chi connectivity index (χ3v) is 1.15. The molecule has 0 unspecified atom stereocenters. The smallest absolute Gasteiger partial charge is 0.195 e. The van der Waals surface area contributed by atoms with Crippen LogP contribution in [0, 0.1) is 0 Å². The molecule has 0 fully saturated rings. The third kappa shape index (κ3) is 5.61. The van der Waals surface area contributed by atoms with Crippen molar-refractivity contribution in [1.82, 2.24) is 5.48 Å². The number of carbonyl (C=O) groups excluding carboxylic acids is 1. The van der Waals surface area contributed by atoms with Gasteiger partial charge in [-0.25, -0.2) is 0 Å². The van der Waals surface area contributed by atoms with Gasteiger partial charge in [0.2, 0.25) is 0 Å². The molecule has 1 radical (unpaired) electrons. The Labute approximate surface area is 67.4 Å². The Kier molecular flexibility index (Phi) is 5.47. The van der Waals surface area contributed by atoms with Gasteiger partial charge in [-0.2, -0.15) is 4.84 Å². The van der Waals surface area contributed by atoms with E-state index in [1.54, 1.807) is 6.92 Å². The normalized spacial score (nSPS) is 9.27. The van der Waals surface area contributed by atoms with Crippen LogP contribution in [0.3, 0.4) is 0 Å². The number of nitrogens with one attached hydrogen (secondary N) is 1. The highest BCUT2D eigenvalue weighted by Gasteiger charge is 2.17. The van der Waals surface area contributed by atoms with E-state index in [2.05, 4.69) is 23.8 Å². The van der Waals surface area contributed by atoms with Gasteiger partial charge in [-0.3, -0.25) is 0 Å². The zero-order valence-corrected chi connectivity index (χ0v) is 7.14. The van der Waals surface area contributed by atoms with Crippen LogP contribution < -0.4 is 5.48 Å². The molecule has 0 atom stereocenters. The Morgan fingerprint density at radius 2 is 2.27 bits per heavy atom. The molecular weight excluding hydrogens is 142 g/mol. The molecule has 0 rings (SSSR count). The minimum absolute atomic E-state index is 0.388. The van der Waals surface area contributed by atoms with Gasteiger partial charge < -0.3 is 0 Å². The van der Waals surface area contributed by atoms with Gasteiger partial charge in [0.05, 0.1) is 16.9 Å². The predicted octanol–water partition coefficient (Wildman–Crippen LogP) is 1.41. The monoisotopic (exact) mass is 157 g/mol. The van der Waals surface area contributed by atoms with Crippen molar-refractivity contribution in [3.63, 3.8) is 0 Å². The molecule has 63 valence electrons. The van der Waals surface area contributed by atoms with Gasteiger partial charge in [0.1, 0.15) is 0 Å². The van der Waals surface area contributed by atoms with E-state index in [4.69, 9.17) is 0 Å². The number of unbranched alkanes of at least 4 members (excludes halogenated alkanes) is 1. The Morgan fingerprint density at radius 1 is 1.64 bits per heavy atom. The van der Waals surface area contributed by atoms with Crippen molar-refractivity contribution in [2.45, 2.75) is 26.7 Å². The van der Waals surface area contributed by atoms with Gasteiger partial charge in [-0.05, 0) is 13.3 Å². The lowest BCUT2D eigenvalue weighted by Crippen LogP contribution is -2.21. The molecule has 3 nitrogen and oxygen atoms in total. The summed E-state index contributed by atoms with van der Waals surface area (Å²) in [6.07, 6.45) is 2.08. The van der Waals surface area contributed by atoms with Crippen LogP contribution >= 0.6 is 0 Å². The molecule has 0 spiro atoms. The maximum absolute atomic E-state index is 10.7. The number of hydrogen-bond acceptors (Lipinski definition) is 3. The van der Waals surface area contributed by atoms with E-state index in [0.717, 1.165) is 12.8 Å². The van der Waals surface area contributed by atoms with Crippen molar-refractivity contribution >= 4 is 5.97 Å². The summed E-state index contributed by atoms with van der Waals surface area (Å²) in [6, 6.07) is 0. The molecule has 0 saturated carbocycles. The van der Waals surface area contributed by atoms with E-state index < -0.39 is 0 Å². The number of hydroxylamine groups is 1. The highest BCUT2D eigenvalue weighted by molar-refractivity contribution is 5.86. The molecule has 0 aromatic heterocycles. The Balaban J connectivity index is 3.25. The number of rotatable bonds is 5. The van der Waals surface area contributed by atoms with E-state index >= 15 is 0 Å². The summed E-state index contributed by atoms with van der Waals surface area (Å²) in [7, 11) is 0. The summed E-state index contributed by atoms with van der Waals surface area (Å²) >= 11 is 0. The van der Waals surface area contributed by atoms with Gasteiger partial charge in [0, 0.05) is 0 Å². The van der Waals surface area contributed by atoms with Crippen molar-refractivity contribution in [3.8, 4) is 0 Å². The number of hydrogen-bond donors (Lipinski definition) is 1. The van der Waals surface area contributed by atoms with Crippen LogP contribution in [0.1, 0.15) is 26.7 Å². The Bertz CT molecular complexity index is 143. The van der Waals surface area contributed by atoms with Crippen LogP contribution in [0.2, 0.25) is 0 Å². The first-order valence-electron chi connectivity index (χ1n) is 3.78. The largest absolute Gasteiger partial charge is 0.625 e. The maximum Gasteiger partial charge on any atom is 0.625 e. The minimum Gasteiger partial charge on any atom is -0.195 e. The van der Waals surface area contributed by atoms with Crippen LogP contribution in [-0.4, -0.2) is 12.5 Å². The van der Waals surface area contributed by atoms with E-state index in [9.17, 15) is 4.79 Å².